The lowest BCUT2D eigenvalue weighted by Crippen LogP contribution is -2.26. The number of halogens is 1. The third-order valence-corrected chi connectivity index (χ3v) is 3.63. The first-order valence-corrected chi connectivity index (χ1v) is 7.07. The first kappa shape index (κ1) is 15.5. The molecular formula is C17H17ClO3. The average molecular weight is 305 g/mol. The Morgan fingerprint density at radius 1 is 1.19 bits per heavy atom. The molecule has 21 heavy (non-hydrogen) atoms. The van der Waals surface area contributed by atoms with E-state index in [0.717, 1.165) is 16.7 Å². The molecule has 0 amide bonds. The number of aryl methyl sites for hydroxylation is 1. The van der Waals surface area contributed by atoms with Crippen molar-refractivity contribution < 1.29 is 14.6 Å². The number of ether oxygens (including phenoxy) is 1. The van der Waals surface area contributed by atoms with Crippen molar-refractivity contribution in [1.29, 1.82) is 0 Å². The van der Waals surface area contributed by atoms with E-state index in [4.69, 9.17) is 16.3 Å². The largest absolute Gasteiger partial charge is 0.479 e. The van der Waals surface area contributed by atoms with Crippen LogP contribution in [0, 0.1) is 6.92 Å². The lowest BCUT2D eigenvalue weighted by atomic mass is 10.1. The van der Waals surface area contributed by atoms with E-state index in [0.29, 0.717) is 11.4 Å². The Morgan fingerprint density at radius 2 is 1.90 bits per heavy atom. The molecule has 0 unspecified atom stereocenters. The van der Waals surface area contributed by atoms with Gasteiger partial charge in [0.25, 0.3) is 0 Å². The van der Waals surface area contributed by atoms with Crippen LogP contribution in [-0.4, -0.2) is 17.2 Å². The normalized spacial score (nSPS) is 12.1. The number of benzene rings is 2. The van der Waals surface area contributed by atoms with Crippen LogP contribution in [0.1, 0.15) is 16.7 Å². The number of rotatable bonds is 6. The monoisotopic (exact) mass is 304 g/mol. The van der Waals surface area contributed by atoms with Crippen LogP contribution in [-0.2, 0) is 22.6 Å². The molecule has 2 rings (SSSR count). The second-order valence-corrected chi connectivity index (χ2v) is 5.32. The number of aliphatic carboxylic acids is 1. The molecule has 0 aliphatic rings. The first-order valence-electron chi connectivity index (χ1n) is 6.69. The molecule has 0 saturated heterocycles. The molecule has 0 aliphatic heterocycles. The predicted molar refractivity (Wildman–Crippen MR) is 82.5 cm³/mol. The van der Waals surface area contributed by atoms with Gasteiger partial charge in [-0.3, -0.25) is 0 Å². The van der Waals surface area contributed by atoms with Gasteiger partial charge in [0.15, 0.2) is 6.10 Å². The summed E-state index contributed by atoms with van der Waals surface area (Å²) in [6, 6.07) is 15.1. The van der Waals surface area contributed by atoms with E-state index in [2.05, 4.69) is 0 Å². The summed E-state index contributed by atoms with van der Waals surface area (Å²) in [6.45, 7) is 2.18. The molecule has 1 atom stereocenters. The first-order chi connectivity index (χ1) is 10.1. The van der Waals surface area contributed by atoms with Crippen LogP contribution in [0.15, 0.2) is 48.5 Å². The van der Waals surface area contributed by atoms with Crippen molar-refractivity contribution in [2.75, 3.05) is 0 Å². The Bertz CT molecular complexity index is 611. The molecule has 0 aromatic heterocycles. The molecule has 0 fully saturated rings. The molecule has 0 aliphatic carbocycles. The van der Waals surface area contributed by atoms with Crippen LogP contribution < -0.4 is 0 Å². The maximum Gasteiger partial charge on any atom is 0.333 e. The maximum absolute atomic E-state index is 11.3. The fourth-order valence-corrected chi connectivity index (χ4v) is 2.17. The smallest absolute Gasteiger partial charge is 0.333 e. The Hall–Kier alpha value is -1.84. The highest BCUT2D eigenvalue weighted by Crippen LogP contribution is 2.18. The Kier molecular flexibility index (Phi) is 5.37. The molecule has 110 valence electrons. The molecule has 0 spiro atoms. The molecule has 1 N–H and O–H groups in total. The molecule has 3 nitrogen and oxygen atoms in total. The summed E-state index contributed by atoms with van der Waals surface area (Å²) in [5, 5.41) is 9.92. The molecule has 4 heteroatoms. The highest BCUT2D eigenvalue weighted by Gasteiger charge is 2.19. The molecule has 0 bridgehead atoms. The summed E-state index contributed by atoms with van der Waals surface area (Å²) in [6.07, 6.45) is -0.591. The van der Waals surface area contributed by atoms with Crippen molar-refractivity contribution in [3.8, 4) is 0 Å². The molecule has 2 aromatic carbocycles. The summed E-state index contributed by atoms with van der Waals surface area (Å²) in [5.41, 5.74) is 2.77. The van der Waals surface area contributed by atoms with Crippen LogP contribution in [0.5, 0.6) is 0 Å². The predicted octanol–water partition coefficient (Wildman–Crippen LogP) is 3.86. The zero-order valence-corrected chi connectivity index (χ0v) is 12.5. The summed E-state index contributed by atoms with van der Waals surface area (Å²) in [7, 11) is 0. The van der Waals surface area contributed by atoms with E-state index < -0.39 is 12.1 Å². The second-order valence-electron chi connectivity index (χ2n) is 4.91. The van der Waals surface area contributed by atoms with Crippen molar-refractivity contribution in [2.24, 2.45) is 0 Å². The van der Waals surface area contributed by atoms with Crippen molar-refractivity contribution in [3.63, 3.8) is 0 Å². The van der Waals surface area contributed by atoms with Crippen LogP contribution in [0.4, 0.5) is 0 Å². The van der Waals surface area contributed by atoms with Gasteiger partial charge < -0.3 is 9.84 Å². The van der Waals surface area contributed by atoms with Gasteiger partial charge >= 0.3 is 5.97 Å². The van der Waals surface area contributed by atoms with E-state index in [1.54, 1.807) is 6.07 Å². The van der Waals surface area contributed by atoms with Crippen molar-refractivity contribution in [3.05, 3.63) is 70.2 Å². The van der Waals surface area contributed by atoms with Crippen molar-refractivity contribution >= 4 is 17.6 Å². The third kappa shape index (κ3) is 4.59. The standard InChI is InChI=1S/C17H17ClO3/c1-12-7-8-14(9-15(12)18)10-16(17(19)20)21-11-13-5-3-2-4-6-13/h2-9,16H,10-11H2,1H3,(H,19,20)/t16-/m0/s1. The fraction of sp³-hybridized carbons (Fsp3) is 0.235. The summed E-state index contributed by atoms with van der Waals surface area (Å²) in [5.74, 6) is -0.970. The summed E-state index contributed by atoms with van der Waals surface area (Å²) in [4.78, 5) is 11.3. The minimum absolute atomic E-state index is 0.275. The van der Waals surface area contributed by atoms with E-state index in [-0.39, 0.29) is 6.61 Å². The maximum atomic E-state index is 11.3. The van der Waals surface area contributed by atoms with Crippen LogP contribution in [0.25, 0.3) is 0 Å². The Labute approximate surface area is 129 Å². The van der Waals surface area contributed by atoms with Gasteiger partial charge in [-0.25, -0.2) is 4.79 Å². The second kappa shape index (κ2) is 7.25. The van der Waals surface area contributed by atoms with Crippen LogP contribution in [0.3, 0.4) is 0 Å². The summed E-state index contributed by atoms with van der Waals surface area (Å²) >= 11 is 6.06. The van der Waals surface area contributed by atoms with E-state index in [1.807, 2.05) is 49.4 Å². The average Bonchev–Trinajstić information content (AvgIpc) is 2.48. The van der Waals surface area contributed by atoms with Crippen LogP contribution in [0.2, 0.25) is 5.02 Å². The third-order valence-electron chi connectivity index (χ3n) is 3.23. The van der Waals surface area contributed by atoms with E-state index in [9.17, 15) is 9.90 Å². The van der Waals surface area contributed by atoms with Crippen molar-refractivity contribution in [1.82, 2.24) is 0 Å². The van der Waals surface area contributed by atoms with Gasteiger partial charge in [-0.15, -0.1) is 0 Å². The van der Waals surface area contributed by atoms with E-state index in [1.165, 1.54) is 0 Å². The van der Waals surface area contributed by atoms with Gasteiger partial charge in [-0.2, -0.15) is 0 Å². The molecule has 0 saturated carbocycles. The number of carbonyl (C=O) groups is 1. The molecule has 2 aromatic rings. The van der Waals surface area contributed by atoms with Gasteiger partial charge in [-0.05, 0) is 29.7 Å². The SMILES string of the molecule is Cc1ccc(C[C@H](OCc2ccccc2)C(=O)O)cc1Cl. The quantitative estimate of drug-likeness (QED) is 0.881. The number of carboxylic acids is 1. The number of carboxylic acid groups (broad SMARTS) is 1. The minimum atomic E-state index is -0.970. The van der Waals surface area contributed by atoms with Crippen molar-refractivity contribution in [2.45, 2.75) is 26.1 Å². The zero-order valence-electron chi connectivity index (χ0n) is 11.8. The highest BCUT2D eigenvalue weighted by atomic mass is 35.5. The topological polar surface area (TPSA) is 46.5 Å². The minimum Gasteiger partial charge on any atom is -0.479 e. The Morgan fingerprint density at radius 3 is 2.52 bits per heavy atom. The number of hydrogen-bond donors (Lipinski definition) is 1. The molecule has 0 radical (unpaired) electrons. The number of hydrogen-bond acceptors (Lipinski definition) is 2. The van der Waals surface area contributed by atoms with Crippen LogP contribution >= 0.6 is 11.6 Å². The molecule has 0 heterocycles. The summed E-state index contributed by atoms with van der Waals surface area (Å²) < 4.78 is 5.52. The van der Waals surface area contributed by atoms with Gasteiger partial charge in [0.1, 0.15) is 0 Å². The molecular weight excluding hydrogens is 288 g/mol. The van der Waals surface area contributed by atoms with Gasteiger partial charge in [-0.1, -0.05) is 54.1 Å². The zero-order chi connectivity index (χ0) is 15.2. The van der Waals surface area contributed by atoms with E-state index >= 15 is 0 Å². The van der Waals surface area contributed by atoms with Gasteiger partial charge in [0.05, 0.1) is 6.61 Å². The van der Waals surface area contributed by atoms with Gasteiger partial charge in [0.2, 0.25) is 0 Å². The lowest BCUT2D eigenvalue weighted by Gasteiger charge is -2.14. The Balaban J connectivity index is 2.02. The van der Waals surface area contributed by atoms with Gasteiger partial charge in [0, 0.05) is 11.4 Å². The fourth-order valence-electron chi connectivity index (χ4n) is 1.97. The highest BCUT2D eigenvalue weighted by molar-refractivity contribution is 6.31. The lowest BCUT2D eigenvalue weighted by molar-refractivity contribution is -0.151.